The highest BCUT2D eigenvalue weighted by molar-refractivity contribution is 5.78. The molecule has 0 atom stereocenters. The molecule has 144 valence electrons. The first-order valence-corrected chi connectivity index (χ1v) is 9.62. The molecule has 0 radical (unpaired) electrons. The van der Waals surface area contributed by atoms with Crippen LogP contribution in [0.25, 0.3) is 11.5 Å². The third-order valence-electron chi connectivity index (χ3n) is 5.13. The van der Waals surface area contributed by atoms with E-state index in [2.05, 4.69) is 39.3 Å². The van der Waals surface area contributed by atoms with Crippen LogP contribution < -0.4 is 0 Å². The van der Waals surface area contributed by atoms with Crippen LogP contribution in [-0.2, 0) is 17.8 Å². The first-order valence-electron chi connectivity index (χ1n) is 9.62. The van der Waals surface area contributed by atoms with E-state index in [1.54, 1.807) is 0 Å². The van der Waals surface area contributed by atoms with Crippen molar-refractivity contribution in [3.63, 3.8) is 0 Å². The van der Waals surface area contributed by atoms with Gasteiger partial charge in [-0.25, -0.2) is 0 Å². The largest absolute Gasteiger partial charge is 0.340 e. The summed E-state index contributed by atoms with van der Waals surface area (Å²) in [5.74, 6) is 0.958. The van der Waals surface area contributed by atoms with Crippen molar-refractivity contribution in [1.29, 1.82) is 0 Å². The molecule has 1 fully saturated rings. The Morgan fingerprint density at radius 3 is 2.46 bits per heavy atom. The van der Waals surface area contributed by atoms with Crippen molar-refractivity contribution in [3.8, 4) is 11.5 Å². The van der Waals surface area contributed by atoms with Gasteiger partial charge in [0.15, 0.2) is 5.82 Å². The minimum atomic E-state index is 0.0523. The SMILES string of the molecule is Cc1ccccc1-c1nc(CC(=O)N2CCN(Cc3ccccc3)CC2)no1. The Morgan fingerprint density at radius 2 is 1.71 bits per heavy atom. The maximum atomic E-state index is 12.6. The molecule has 1 aromatic heterocycles. The zero-order chi connectivity index (χ0) is 19.3. The summed E-state index contributed by atoms with van der Waals surface area (Å²) >= 11 is 0. The number of nitrogens with zero attached hydrogens (tertiary/aromatic N) is 4. The molecule has 2 aromatic carbocycles. The number of hydrogen-bond acceptors (Lipinski definition) is 5. The summed E-state index contributed by atoms with van der Waals surface area (Å²) in [6, 6.07) is 18.3. The van der Waals surface area contributed by atoms with Crippen molar-refractivity contribution in [2.24, 2.45) is 0 Å². The standard InChI is InChI=1S/C22H24N4O2/c1-17-7-5-6-10-19(17)22-23-20(24-28-22)15-21(27)26-13-11-25(12-14-26)16-18-8-3-2-4-9-18/h2-10H,11-16H2,1H3. The van der Waals surface area contributed by atoms with Crippen molar-refractivity contribution in [3.05, 3.63) is 71.5 Å². The van der Waals surface area contributed by atoms with Crippen LogP contribution in [0.1, 0.15) is 17.0 Å². The molecule has 1 saturated heterocycles. The molecule has 6 heteroatoms. The van der Waals surface area contributed by atoms with Crippen LogP contribution in [-0.4, -0.2) is 52.0 Å². The molecule has 0 spiro atoms. The van der Waals surface area contributed by atoms with Crippen LogP contribution in [0.5, 0.6) is 0 Å². The van der Waals surface area contributed by atoms with Crippen molar-refractivity contribution in [2.75, 3.05) is 26.2 Å². The molecule has 3 aromatic rings. The molecule has 0 unspecified atom stereocenters. The predicted octanol–water partition coefficient (Wildman–Crippen LogP) is 2.93. The van der Waals surface area contributed by atoms with Gasteiger partial charge in [0.1, 0.15) is 0 Å². The Bertz CT molecular complexity index is 930. The number of hydrogen-bond donors (Lipinski definition) is 0. The molecule has 1 aliphatic rings. The number of rotatable bonds is 5. The van der Waals surface area contributed by atoms with Gasteiger partial charge in [0.25, 0.3) is 5.89 Å². The fraction of sp³-hybridized carbons (Fsp3) is 0.318. The quantitative estimate of drug-likeness (QED) is 0.685. The van der Waals surface area contributed by atoms with Crippen molar-refractivity contribution in [1.82, 2.24) is 19.9 Å². The molecule has 0 N–H and O–H groups in total. The van der Waals surface area contributed by atoms with Gasteiger partial charge in [-0.3, -0.25) is 9.69 Å². The maximum Gasteiger partial charge on any atom is 0.258 e. The van der Waals surface area contributed by atoms with Crippen LogP contribution in [0.15, 0.2) is 59.1 Å². The Hall–Kier alpha value is -2.99. The summed E-state index contributed by atoms with van der Waals surface area (Å²) in [4.78, 5) is 21.3. The molecule has 1 aliphatic heterocycles. The number of carbonyl (C=O) groups is 1. The average Bonchev–Trinajstić information content (AvgIpc) is 3.18. The summed E-state index contributed by atoms with van der Waals surface area (Å²) in [5, 5.41) is 4.00. The van der Waals surface area contributed by atoms with E-state index in [1.807, 2.05) is 42.2 Å². The second kappa shape index (κ2) is 8.35. The summed E-state index contributed by atoms with van der Waals surface area (Å²) < 4.78 is 5.36. The van der Waals surface area contributed by atoms with E-state index in [0.29, 0.717) is 11.7 Å². The molecular formula is C22H24N4O2. The lowest BCUT2D eigenvalue weighted by Gasteiger charge is -2.34. The minimum Gasteiger partial charge on any atom is -0.340 e. The summed E-state index contributed by atoms with van der Waals surface area (Å²) in [5.41, 5.74) is 3.28. The number of amides is 1. The number of aromatic nitrogens is 2. The van der Waals surface area contributed by atoms with Gasteiger partial charge < -0.3 is 9.42 Å². The highest BCUT2D eigenvalue weighted by Gasteiger charge is 2.23. The summed E-state index contributed by atoms with van der Waals surface area (Å²) in [6.07, 6.45) is 0.175. The van der Waals surface area contributed by atoms with Crippen LogP contribution in [0, 0.1) is 6.92 Å². The van der Waals surface area contributed by atoms with E-state index >= 15 is 0 Å². The number of carbonyl (C=O) groups excluding carboxylic acids is 1. The molecule has 0 bridgehead atoms. The van der Waals surface area contributed by atoms with Gasteiger partial charge in [0.05, 0.1) is 6.42 Å². The van der Waals surface area contributed by atoms with Gasteiger partial charge >= 0.3 is 0 Å². The second-order valence-corrected chi connectivity index (χ2v) is 7.15. The highest BCUT2D eigenvalue weighted by atomic mass is 16.5. The van der Waals surface area contributed by atoms with Gasteiger partial charge in [-0.1, -0.05) is 53.7 Å². The topological polar surface area (TPSA) is 62.5 Å². The average molecular weight is 376 g/mol. The van der Waals surface area contributed by atoms with Crippen molar-refractivity contribution in [2.45, 2.75) is 19.9 Å². The minimum absolute atomic E-state index is 0.0523. The zero-order valence-corrected chi connectivity index (χ0v) is 16.0. The lowest BCUT2D eigenvalue weighted by Crippen LogP contribution is -2.48. The fourth-order valence-corrected chi connectivity index (χ4v) is 3.49. The Kier molecular flexibility index (Phi) is 5.48. The Labute approximate surface area is 164 Å². The molecule has 2 heterocycles. The second-order valence-electron chi connectivity index (χ2n) is 7.15. The molecule has 28 heavy (non-hydrogen) atoms. The number of aryl methyl sites for hydroxylation is 1. The number of benzene rings is 2. The smallest absolute Gasteiger partial charge is 0.258 e. The third-order valence-corrected chi connectivity index (χ3v) is 5.13. The molecule has 0 aliphatic carbocycles. The highest BCUT2D eigenvalue weighted by Crippen LogP contribution is 2.21. The number of piperazine rings is 1. The van der Waals surface area contributed by atoms with Crippen LogP contribution in [0.3, 0.4) is 0 Å². The van der Waals surface area contributed by atoms with Gasteiger partial charge in [0.2, 0.25) is 5.91 Å². The Balaban J connectivity index is 1.31. The van der Waals surface area contributed by atoms with Gasteiger partial charge in [-0.05, 0) is 24.1 Å². The van der Waals surface area contributed by atoms with Crippen molar-refractivity contribution >= 4 is 5.91 Å². The Morgan fingerprint density at radius 1 is 1.00 bits per heavy atom. The van der Waals surface area contributed by atoms with Crippen molar-refractivity contribution < 1.29 is 9.32 Å². The van der Waals surface area contributed by atoms with Gasteiger partial charge in [-0.15, -0.1) is 0 Å². The molecule has 6 nitrogen and oxygen atoms in total. The summed E-state index contributed by atoms with van der Waals surface area (Å²) in [6.45, 7) is 6.14. The molecule has 4 rings (SSSR count). The first-order chi connectivity index (χ1) is 13.7. The van der Waals surface area contributed by atoms with Gasteiger partial charge in [0, 0.05) is 38.3 Å². The first kappa shape index (κ1) is 18.4. The van der Waals surface area contributed by atoms with E-state index in [1.165, 1.54) is 5.56 Å². The predicted molar refractivity (Wildman–Crippen MR) is 106 cm³/mol. The van der Waals surface area contributed by atoms with E-state index < -0.39 is 0 Å². The zero-order valence-electron chi connectivity index (χ0n) is 16.0. The van der Waals surface area contributed by atoms with E-state index in [-0.39, 0.29) is 12.3 Å². The van der Waals surface area contributed by atoms with E-state index in [4.69, 9.17) is 4.52 Å². The molecule has 0 saturated carbocycles. The van der Waals surface area contributed by atoms with Gasteiger partial charge in [-0.2, -0.15) is 4.98 Å². The van der Waals surface area contributed by atoms with Crippen LogP contribution in [0.2, 0.25) is 0 Å². The normalized spacial score (nSPS) is 15.0. The van der Waals surface area contributed by atoms with Crippen LogP contribution >= 0.6 is 0 Å². The lowest BCUT2D eigenvalue weighted by molar-refractivity contribution is -0.132. The molecule has 1 amide bonds. The summed E-state index contributed by atoms with van der Waals surface area (Å²) in [7, 11) is 0. The van der Waals surface area contributed by atoms with E-state index in [9.17, 15) is 4.79 Å². The maximum absolute atomic E-state index is 12.6. The fourth-order valence-electron chi connectivity index (χ4n) is 3.49. The molecular weight excluding hydrogens is 352 g/mol. The van der Waals surface area contributed by atoms with Crippen LogP contribution in [0.4, 0.5) is 0 Å². The van der Waals surface area contributed by atoms with E-state index in [0.717, 1.165) is 43.9 Å². The lowest BCUT2D eigenvalue weighted by atomic mass is 10.1. The monoisotopic (exact) mass is 376 g/mol. The third kappa shape index (κ3) is 4.28.